The molecule has 1 unspecified atom stereocenters. The minimum absolute atomic E-state index is 0.317. The average molecular weight is 449 g/mol. The molecule has 33 heavy (non-hydrogen) atoms. The van der Waals surface area contributed by atoms with Gasteiger partial charge in [0, 0.05) is 61.0 Å². The van der Waals surface area contributed by atoms with E-state index in [1.165, 1.54) is 12.8 Å². The van der Waals surface area contributed by atoms with Crippen molar-refractivity contribution in [3.63, 3.8) is 0 Å². The first kappa shape index (κ1) is 20.8. The summed E-state index contributed by atoms with van der Waals surface area (Å²) < 4.78 is 5.48. The van der Waals surface area contributed by atoms with Gasteiger partial charge in [-0.3, -0.25) is 15.0 Å². The van der Waals surface area contributed by atoms with Crippen molar-refractivity contribution >= 4 is 28.4 Å². The van der Waals surface area contributed by atoms with Gasteiger partial charge in [-0.1, -0.05) is 0 Å². The maximum absolute atomic E-state index is 6.33. The molecule has 0 spiro atoms. The van der Waals surface area contributed by atoms with Gasteiger partial charge in [0.2, 0.25) is 0 Å². The van der Waals surface area contributed by atoms with Crippen LogP contribution < -0.4 is 16.0 Å². The normalized spacial score (nSPS) is 25.5. The van der Waals surface area contributed by atoms with Gasteiger partial charge in [0.15, 0.2) is 5.82 Å². The Morgan fingerprint density at radius 3 is 2.64 bits per heavy atom. The van der Waals surface area contributed by atoms with Crippen LogP contribution in [-0.2, 0) is 11.3 Å². The Bertz CT molecular complexity index is 1130. The van der Waals surface area contributed by atoms with E-state index in [0.717, 1.165) is 79.6 Å². The van der Waals surface area contributed by atoms with Crippen LogP contribution in [0, 0.1) is 6.92 Å². The molecule has 4 N–H and O–H groups in total. The number of ether oxygens (including phenoxy) is 1. The molecule has 3 atom stereocenters. The molecular weight excluding hydrogens is 416 g/mol. The third-order valence-electron chi connectivity index (χ3n) is 7.21. The molecule has 0 radical (unpaired) electrons. The number of aromatic amines is 1. The number of rotatable bonds is 5. The van der Waals surface area contributed by atoms with Crippen LogP contribution in [-0.4, -0.2) is 69.5 Å². The van der Waals surface area contributed by atoms with Crippen LogP contribution >= 0.6 is 0 Å². The van der Waals surface area contributed by atoms with Crippen molar-refractivity contribution in [3.8, 4) is 0 Å². The molecule has 2 bridgehead atoms. The molecule has 6 rings (SSSR count). The van der Waals surface area contributed by atoms with Crippen molar-refractivity contribution in [2.24, 2.45) is 0 Å². The molecule has 3 aromatic rings. The maximum Gasteiger partial charge on any atom is 0.156 e. The fourth-order valence-corrected chi connectivity index (χ4v) is 5.66. The number of aryl methyl sites for hydroxylation is 1. The molecular formula is C24H32N8O. The van der Waals surface area contributed by atoms with E-state index in [-0.39, 0.29) is 0 Å². The summed E-state index contributed by atoms with van der Waals surface area (Å²) in [5.74, 6) is 2.24. The quantitative estimate of drug-likeness (QED) is 0.546. The lowest BCUT2D eigenvalue weighted by Crippen LogP contribution is -2.47. The number of nitrogens with one attached hydrogen (secondary N) is 2. The molecule has 0 aliphatic carbocycles. The van der Waals surface area contributed by atoms with E-state index in [4.69, 9.17) is 20.4 Å². The number of hydrogen-bond donors (Lipinski definition) is 3. The van der Waals surface area contributed by atoms with Gasteiger partial charge < -0.3 is 20.7 Å². The summed E-state index contributed by atoms with van der Waals surface area (Å²) in [6.07, 6.45) is 4.63. The number of pyridine rings is 2. The van der Waals surface area contributed by atoms with Gasteiger partial charge in [-0.25, -0.2) is 4.98 Å². The number of anilines is 3. The highest BCUT2D eigenvalue weighted by Gasteiger charge is 2.38. The number of piperidine rings is 1. The summed E-state index contributed by atoms with van der Waals surface area (Å²) in [4.78, 5) is 14.5. The van der Waals surface area contributed by atoms with Gasteiger partial charge in [0.05, 0.1) is 24.4 Å². The largest absolute Gasteiger partial charge is 0.384 e. The molecule has 3 saturated heterocycles. The highest BCUT2D eigenvalue weighted by Crippen LogP contribution is 2.38. The maximum atomic E-state index is 6.33. The molecule has 6 heterocycles. The van der Waals surface area contributed by atoms with Crippen LogP contribution in [0.15, 0.2) is 24.3 Å². The van der Waals surface area contributed by atoms with Crippen LogP contribution in [0.1, 0.15) is 37.1 Å². The second kappa shape index (κ2) is 8.55. The molecule has 3 aromatic heterocycles. The Labute approximate surface area is 193 Å². The number of nitrogens with zero attached hydrogens (tertiary/aromatic N) is 5. The van der Waals surface area contributed by atoms with Crippen molar-refractivity contribution < 1.29 is 4.74 Å². The number of fused-ring (bicyclic) bond motifs is 3. The number of aromatic nitrogens is 4. The molecule has 0 aromatic carbocycles. The third kappa shape index (κ3) is 4.16. The SMILES string of the molecule is Cc1cc(N(c2nc(N)cc3nc(CN4CCOCC4)ccc23)C2C[C@H]3CC[C@@H](C2)N3)n[nH]1. The van der Waals surface area contributed by atoms with Gasteiger partial charge in [0.25, 0.3) is 0 Å². The van der Waals surface area contributed by atoms with Crippen molar-refractivity contribution in [1.82, 2.24) is 30.4 Å². The Balaban J connectivity index is 1.40. The molecule has 9 heteroatoms. The van der Waals surface area contributed by atoms with Crippen molar-refractivity contribution in [2.45, 2.75) is 57.3 Å². The van der Waals surface area contributed by atoms with Gasteiger partial charge in [0.1, 0.15) is 11.6 Å². The van der Waals surface area contributed by atoms with E-state index in [2.05, 4.69) is 43.5 Å². The highest BCUT2D eigenvalue weighted by molar-refractivity contribution is 5.93. The summed E-state index contributed by atoms with van der Waals surface area (Å²) >= 11 is 0. The van der Waals surface area contributed by atoms with Crippen LogP contribution in [0.5, 0.6) is 0 Å². The zero-order valence-electron chi connectivity index (χ0n) is 19.1. The number of H-pyrrole nitrogens is 1. The van der Waals surface area contributed by atoms with Crippen LogP contribution in [0.25, 0.3) is 10.9 Å². The standard InChI is InChI=1S/C24H32N8O/c1-15-10-23(30-29-15)32(19-11-16-2-3-17(12-19)26-16)24-20-5-4-18(14-31-6-8-33-9-7-31)27-21(20)13-22(25)28-24/h4-5,10,13,16-17,19,26H,2-3,6-9,11-12,14H2,1H3,(H2,25,28)(H,29,30)/t16-,17+,19?. The van der Waals surface area contributed by atoms with Gasteiger partial charge in [-0.05, 0) is 44.7 Å². The van der Waals surface area contributed by atoms with E-state index < -0.39 is 0 Å². The minimum Gasteiger partial charge on any atom is -0.384 e. The monoisotopic (exact) mass is 448 g/mol. The van der Waals surface area contributed by atoms with Gasteiger partial charge >= 0.3 is 0 Å². The van der Waals surface area contributed by atoms with E-state index >= 15 is 0 Å². The molecule has 3 aliphatic rings. The van der Waals surface area contributed by atoms with Crippen LogP contribution in [0.4, 0.5) is 17.5 Å². The Hall–Kier alpha value is -2.75. The summed E-state index contributed by atoms with van der Waals surface area (Å²) in [7, 11) is 0. The van der Waals surface area contributed by atoms with Gasteiger partial charge in [-0.2, -0.15) is 5.10 Å². The smallest absolute Gasteiger partial charge is 0.156 e. The number of hydrogen-bond acceptors (Lipinski definition) is 8. The van der Waals surface area contributed by atoms with Crippen LogP contribution in [0.3, 0.4) is 0 Å². The van der Waals surface area contributed by atoms with Crippen molar-refractivity contribution in [3.05, 3.63) is 35.7 Å². The Kier molecular flexibility index (Phi) is 5.40. The zero-order valence-corrected chi connectivity index (χ0v) is 19.1. The van der Waals surface area contributed by atoms with E-state index in [1.807, 2.05) is 13.0 Å². The molecule has 3 aliphatic heterocycles. The highest BCUT2D eigenvalue weighted by atomic mass is 16.5. The van der Waals surface area contributed by atoms with Crippen LogP contribution in [0.2, 0.25) is 0 Å². The van der Waals surface area contributed by atoms with Gasteiger partial charge in [-0.15, -0.1) is 0 Å². The fraction of sp³-hybridized carbons (Fsp3) is 0.542. The first-order valence-corrected chi connectivity index (χ1v) is 12.1. The molecule has 3 fully saturated rings. The van der Waals surface area contributed by atoms with Crippen molar-refractivity contribution in [2.75, 3.05) is 36.9 Å². The summed E-state index contributed by atoms with van der Waals surface area (Å²) in [6, 6.07) is 9.70. The van der Waals surface area contributed by atoms with Crippen molar-refractivity contribution in [1.29, 1.82) is 0 Å². The predicted molar refractivity (Wildman–Crippen MR) is 128 cm³/mol. The second-order valence-electron chi connectivity index (χ2n) is 9.67. The molecule has 9 nitrogen and oxygen atoms in total. The third-order valence-corrected chi connectivity index (χ3v) is 7.21. The van der Waals surface area contributed by atoms with E-state index in [1.54, 1.807) is 0 Å². The lowest BCUT2D eigenvalue weighted by molar-refractivity contribution is 0.0337. The molecule has 174 valence electrons. The topological polar surface area (TPSA) is 108 Å². The fourth-order valence-electron chi connectivity index (χ4n) is 5.66. The Morgan fingerprint density at radius 2 is 1.91 bits per heavy atom. The first-order chi connectivity index (χ1) is 16.1. The van der Waals surface area contributed by atoms with E-state index in [0.29, 0.717) is 23.9 Å². The molecule has 0 amide bonds. The number of morpholine rings is 1. The summed E-state index contributed by atoms with van der Waals surface area (Å²) in [5.41, 5.74) is 9.30. The number of nitrogen functional groups attached to an aromatic ring is 1. The first-order valence-electron chi connectivity index (χ1n) is 12.1. The number of nitrogens with two attached hydrogens (primary N) is 1. The lowest BCUT2D eigenvalue weighted by Gasteiger charge is -2.37. The average Bonchev–Trinajstić information content (AvgIpc) is 3.38. The molecule has 0 saturated carbocycles. The second-order valence-corrected chi connectivity index (χ2v) is 9.67. The lowest BCUT2D eigenvalue weighted by atomic mass is 9.97. The summed E-state index contributed by atoms with van der Waals surface area (Å²) in [5, 5.41) is 12.5. The van der Waals surface area contributed by atoms with E-state index in [9.17, 15) is 0 Å². The minimum atomic E-state index is 0.317. The predicted octanol–water partition coefficient (Wildman–Crippen LogP) is 2.50. The Morgan fingerprint density at radius 1 is 1.12 bits per heavy atom. The zero-order chi connectivity index (χ0) is 22.4. The summed E-state index contributed by atoms with van der Waals surface area (Å²) in [6.45, 7) is 6.29.